The molecule has 18 heavy (non-hydrogen) atoms. The summed E-state index contributed by atoms with van der Waals surface area (Å²) in [4.78, 5) is 0. The van der Waals surface area contributed by atoms with Gasteiger partial charge in [-0.2, -0.15) is 0 Å². The number of hydrogen-bond donors (Lipinski definition) is 0. The van der Waals surface area contributed by atoms with Crippen molar-refractivity contribution in [3.8, 4) is 0 Å². The topological polar surface area (TPSA) is 0 Å². The van der Waals surface area contributed by atoms with Crippen LogP contribution in [0, 0.1) is 6.92 Å². The molecule has 0 saturated carbocycles. The SMILES string of the molecule is C=Cc1cc/c(=C/C(=C)C)c(=C)c1C.CC.CC. The Kier molecular flexibility index (Phi) is 11.1. The van der Waals surface area contributed by atoms with Crippen LogP contribution in [0.1, 0.15) is 45.7 Å². The zero-order valence-electron chi connectivity index (χ0n) is 12.9. The summed E-state index contributed by atoms with van der Waals surface area (Å²) in [6, 6.07) is 4.12. The number of allylic oxidation sites excluding steroid dienone is 1. The summed E-state index contributed by atoms with van der Waals surface area (Å²) >= 11 is 0. The van der Waals surface area contributed by atoms with Crippen LogP contribution in [0.4, 0.5) is 0 Å². The minimum absolute atomic E-state index is 1.04. The molecular formula is C18H28. The van der Waals surface area contributed by atoms with Crippen molar-refractivity contribution in [2.45, 2.75) is 41.5 Å². The van der Waals surface area contributed by atoms with Gasteiger partial charge in [-0.3, -0.25) is 0 Å². The lowest BCUT2D eigenvalue weighted by molar-refractivity contribution is 1.35. The molecule has 1 aromatic rings. The van der Waals surface area contributed by atoms with Gasteiger partial charge >= 0.3 is 0 Å². The Bertz CT molecular complexity index is 475. The Morgan fingerprint density at radius 2 is 1.61 bits per heavy atom. The molecule has 0 radical (unpaired) electrons. The molecule has 0 bridgehead atoms. The van der Waals surface area contributed by atoms with E-state index in [1.54, 1.807) is 0 Å². The molecule has 0 N–H and O–H groups in total. The first kappa shape index (κ1) is 18.8. The van der Waals surface area contributed by atoms with E-state index in [0.29, 0.717) is 0 Å². The second kappa shape index (κ2) is 10.6. The van der Waals surface area contributed by atoms with E-state index in [0.717, 1.165) is 21.6 Å². The first-order chi connectivity index (χ1) is 8.56. The molecule has 0 heteroatoms. The molecule has 0 spiro atoms. The van der Waals surface area contributed by atoms with Gasteiger partial charge in [0.1, 0.15) is 0 Å². The number of hydrogen-bond acceptors (Lipinski definition) is 0. The Balaban J connectivity index is 0. The quantitative estimate of drug-likeness (QED) is 0.720. The largest absolute Gasteiger partial charge is 0.0985 e. The van der Waals surface area contributed by atoms with Crippen molar-refractivity contribution < 1.29 is 0 Å². The lowest BCUT2D eigenvalue weighted by atomic mass is 10.0. The first-order valence-corrected chi connectivity index (χ1v) is 6.64. The summed E-state index contributed by atoms with van der Waals surface area (Å²) in [6.07, 6.45) is 3.90. The maximum atomic E-state index is 4.06. The molecule has 0 heterocycles. The van der Waals surface area contributed by atoms with Gasteiger partial charge in [-0.15, -0.1) is 0 Å². The van der Waals surface area contributed by atoms with Gasteiger partial charge < -0.3 is 0 Å². The smallest absolute Gasteiger partial charge is 0.0184 e. The van der Waals surface area contributed by atoms with Crippen molar-refractivity contribution in [2.24, 2.45) is 0 Å². The highest BCUT2D eigenvalue weighted by atomic mass is 14.0. The van der Waals surface area contributed by atoms with E-state index in [2.05, 4.69) is 38.8 Å². The minimum atomic E-state index is 1.04. The third-order valence-corrected chi connectivity index (χ3v) is 2.30. The van der Waals surface area contributed by atoms with Crippen molar-refractivity contribution in [1.82, 2.24) is 0 Å². The van der Waals surface area contributed by atoms with Crippen molar-refractivity contribution in [1.29, 1.82) is 0 Å². The Labute approximate surface area is 113 Å². The first-order valence-electron chi connectivity index (χ1n) is 6.64. The van der Waals surface area contributed by atoms with Crippen LogP contribution < -0.4 is 10.4 Å². The molecule has 1 rings (SSSR count). The van der Waals surface area contributed by atoms with Crippen LogP contribution in [0.2, 0.25) is 0 Å². The fourth-order valence-electron chi connectivity index (χ4n) is 1.42. The Morgan fingerprint density at radius 3 is 2.00 bits per heavy atom. The number of rotatable bonds is 2. The van der Waals surface area contributed by atoms with Gasteiger partial charge in [-0.25, -0.2) is 0 Å². The summed E-state index contributed by atoms with van der Waals surface area (Å²) in [7, 11) is 0. The lowest BCUT2D eigenvalue weighted by Crippen LogP contribution is -2.26. The molecular weight excluding hydrogens is 216 g/mol. The van der Waals surface area contributed by atoms with Gasteiger partial charge in [-0.05, 0) is 35.4 Å². The molecule has 0 nitrogen and oxygen atoms in total. The molecule has 1 aromatic carbocycles. The predicted octanol–water partition coefficient (Wildman–Crippen LogP) is 4.46. The van der Waals surface area contributed by atoms with Gasteiger partial charge in [0.25, 0.3) is 0 Å². The highest BCUT2D eigenvalue weighted by Crippen LogP contribution is 2.01. The van der Waals surface area contributed by atoms with E-state index in [-0.39, 0.29) is 0 Å². The maximum absolute atomic E-state index is 4.06. The normalized spacial score (nSPS) is 9.56. The maximum Gasteiger partial charge on any atom is -0.0184 e. The predicted molar refractivity (Wildman–Crippen MR) is 88.0 cm³/mol. The van der Waals surface area contributed by atoms with Gasteiger partial charge in [-0.1, -0.05) is 77.3 Å². The molecule has 0 aliphatic rings. The standard InChI is InChI=1S/C14H16.2C2H6/c1-6-13-7-8-14(9-10(2)3)12(5)11(13)4;2*1-2/h6-9H,1-2,5H2,3-4H3;2*1-2H3/b14-9-;;. The van der Waals surface area contributed by atoms with Crippen LogP contribution in [0.5, 0.6) is 0 Å². The number of benzene rings is 1. The monoisotopic (exact) mass is 244 g/mol. The van der Waals surface area contributed by atoms with Crippen molar-refractivity contribution in [3.05, 3.63) is 52.4 Å². The summed E-state index contributed by atoms with van der Waals surface area (Å²) in [5.74, 6) is 0. The van der Waals surface area contributed by atoms with E-state index < -0.39 is 0 Å². The molecule has 0 aliphatic heterocycles. The van der Waals surface area contributed by atoms with E-state index in [1.807, 2.05) is 46.8 Å². The molecule has 0 atom stereocenters. The molecule has 0 unspecified atom stereocenters. The summed E-state index contributed by atoms with van der Waals surface area (Å²) in [5, 5.41) is 2.20. The van der Waals surface area contributed by atoms with Crippen molar-refractivity contribution >= 4 is 18.7 Å². The third-order valence-electron chi connectivity index (χ3n) is 2.30. The zero-order valence-corrected chi connectivity index (χ0v) is 12.9. The lowest BCUT2D eigenvalue weighted by Gasteiger charge is -2.01. The van der Waals surface area contributed by atoms with Crippen LogP contribution in [-0.2, 0) is 0 Å². The molecule has 100 valence electrons. The Morgan fingerprint density at radius 1 is 1.11 bits per heavy atom. The van der Waals surface area contributed by atoms with Crippen LogP contribution in [0.3, 0.4) is 0 Å². The van der Waals surface area contributed by atoms with Gasteiger partial charge in [0.2, 0.25) is 0 Å². The minimum Gasteiger partial charge on any atom is -0.0985 e. The van der Waals surface area contributed by atoms with Crippen LogP contribution in [0.25, 0.3) is 18.7 Å². The highest BCUT2D eigenvalue weighted by Gasteiger charge is 1.94. The van der Waals surface area contributed by atoms with Crippen LogP contribution in [0.15, 0.2) is 30.9 Å². The van der Waals surface area contributed by atoms with Crippen LogP contribution >= 0.6 is 0 Å². The van der Waals surface area contributed by atoms with E-state index >= 15 is 0 Å². The summed E-state index contributed by atoms with van der Waals surface area (Å²) < 4.78 is 0. The van der Waals surface area contributed by atoms with Gasteiger partial charge in [0, 0.05) is 0 Å². The zero-order chi connectivity index (χ0) is 14.7. The summed E-state index contributed by atoms with van der Waals surface area (Å²) in [6.45, 7) is 23.7. The van der Waals surface area contributed by atoms with Crippen molar-refractivity contribution in [3.63, 3.8) is 0 Å². The second-order valence-corrected chi connectivity index (χ2v) is 3.54. The highest BCUT2D eigenvalue weighted by molar-refractivity contribution is 5.54. The molecule has 0 saturated heterocycles. The third kappa shape index (κ3) is 5.67. The van der Waals surface area contributed by atoms with E-state index in [1.165, 1.54) is 5.56 Å². The van der Waals surface area contributed by atoms with E-state index in [9.17, 15) is 0 Å². The van der Waals surface area contributed by atoms with Gasteiger partial charge in [0.15, 0.2) is 0 Å². The molecule has 0 fully saturated rings. The van der Waals surface area contributed by atoms with Crippen LogP contribution in [-0.4, -0.2) is 0 Å². The van der Waals surface area contributed by atoms with Gasteiger partial charge in [0.05, 0.1) is 0 Å². The second-order valence-electron chi connectivity index (χ2n) is 3.54. The average Bonchev–Trinajstić information content (AvgIpc) is 2.40. The molecule has 0 amide bonds. The molecule has 0 aromatic heterocycles. The fraction of sp³-hybridized carbons (Fsp3) is 0.333. The summed E-state index contributed by atoms with van der Waals surface area (Å²) in [5.41, 5.74) is 3.38. The van der Waals surface area contributed by atoms with E-state index in [4.69, 9.17) is 0 Å². The molecule has 0 aliphatic carbocycles. The fourth-order valence-corrected chi connectivity index (χ4v) is 1.42. The Hall–Kier alpha value is -1.56. The average molecular weight is 244 g/mol. The van der Waals surface area contributed by atoms with Crippen molar-refractivity contribution in [2.75, 3.05) is 0 Å².